The van der Waals surface area contributed by atoms with Crippen LogP contribution >= 0.6 is 0 Å². The summed E-state index contributed by atoms with van der Waals surface area (Å²) < 4.78 is 12.0. The molecule has 0 radical (unpaired) electrons. The molecule has 192 valence electrons. The molecule has 0 spiro atoms. The Morgan fingerprint density at radius 2 is 0.763 bits per heavy atom. The van der Waals surface area contributed by atoms with Crippen LogP contribution in [0.4, 0.5) is 0 Å². The van der Waals surface area contributed by atoms with Crippen LogP contribution in [0.3, 0.4) is 0 Å². The maximum absolute atomic E-state index is 13.3. The van der Waals surface area contributed by atoms with Crippen LogP contribution in [0.15, 0.2) is 97.1 Å². The minimum absolute atomic E-state index is 0.178. The lowest BCUT2D eigenvalue weighted by molar-refractivity contribution is 0.0646. The summed E-state index contributed by atoms with van der Waals surface area (Å²) in [4.78, 5) is 26.6. The normalized spacial score (nSPS) is 11.5. The van der Waals surface area contributed by atoms with Crippen molar-refractivity contribution in [3.05, 3.63) is 142 Å². The van der Waals surface area contributed by atoms with Crippen LogP contribution in [0.2, 0.25) is 0 Å². The van der Waals surface area contributed by atoms with Gasteiger partial charge < -0.3 is 9.47 Å². The van der Waals surface area contributed by atoms with Crippen molar-refractivity contribution in [3.63, 3.8) is 0 Å². The molecule has 0 fully saturated rings. The summed E-state index contributed by atoms with van der Waals surface area (Å²) in [6.45, 7) is 8.08. The van der Waals surface area contributed by atoms with E-state index in [4.69, 9.17) is 9.47 Å². The van der Waals surface area contributed by atoms with Crippen molar-refractivity contribution in [2.45, 2.75) is 40.5 Å². The molecular weight excluding hydrogens is 472 g/mol. The molecule has 0 saturated heterocycles. The van der Waals surface area contributed by atoms with Crippen molar-refractivity contribution < 1.29 is 19.1 Å². The second kappa shape index (κ2) is 12.2. The number of aryl methyl sites for hydroxylation is 4. The molecule has 0 amide bonds. The van der Waals surface area contributed by atoms with Gasteiger partial charge in [-0.2, -0.15) is 0 Å². The molecule has 0 aromatic heterocycles. The van der Waals surface area contributed by atoms with Gasteiger partial charge in [0.05, 0.1) is 11.1 Å². The fourth-order valence-electron chi connectivity index (χ4n) is 3.94. The lowest BCUT2D eigenvalue weighted by Gasteiger charge is -2.17. The van der Waals surface area contributed by atoms with Crippen molar-refractivity contribution in [2.75, 3.05) is 0 Å². The van der Waals surface area contributed by atoms with E-state index in [1.807, 2.05) is 86.6 Å². The SMILES string of the molecule is CCc1ccc(C(=O)O/C(=C(/OC(=O)c2ccc(CC)cc2)c2ccc(C)cc2)c2ccc(C)cc2)cc1. The Morgan fingerprint density at radius 3 is 1.05 bits per heavy atom. The van der Waals surface area contributed by atoms with Gasteiger partial charge in [-0.15, -0.1) is 0 Å². The van der Waals surface area contributed by atoms with Crippen molar-refractivity contribution >= 4 is 23.5 Å². The van der Waals surface area contributed by atoms with Crippen LogP contribution in [0.1, 0.15) is 67.9 Å². The molecule has 0 aliphatic rings. The van der Waals surface area contributed by atoms with Crippen LogP contribution in [0.5, 0.6) is 0 Å². The Kier molecular flexibility index (Phi) is 8.55. The molecule has 0 saturated carbocycles. The molecule has 0 unspecified atom stereocenters. The summed E-state index contributed by atoms with van der Waals surface area (Å²) in [6, 6.07) is 29.8. The van der Waals surface area contributed by atoms with E-state index in [0.717, 1.165) is 35.1 Å². The average molecular weight is 505 g/mol. The van der Waals surface area contributed by atoms with Crippen LogP contribution in [-0.2, 0) is 22.3 Å². The standard InChI is InChI=1S/C34H32O4/c1-5-25-11-19-29(20-12-25)33(35)37-31(27-15-7-23(3)8-16-27)32(28-17-9-24(4)10-18-28)38-34(36)30-21-13-26(6-2)14-22-30/h7-22H,5-6H2,1-4H3/b32-31+. The number of hydrogen-bond donors (Lipinski definition) is 0. The van der Waals surface area contributed by atoms with E-state index in [2.05, 4.69) is 13.8 Å². The number of rotatable bonds is 8. The second-order valence-electron chi connectivity index (χ2n) is 9.27. The summed E-state index contributed by atoms with van der Waals surface area (Å²) in [5.74, 6) is -0.707. The van der Waals surface area contributed by atoms with Gasteiger partial charge in [-0.3, -0.25) is 0 Å². The number of carbonyl (C=O) groups is 2. The van der Waals surface area contributed by atoms with Gasteiger partial charge in [0.1, 0.15) is 0 Å². The van der Waals surface area contributed by atoms with E-state index < -0.39 is 11.9 Å². The zero-order valence-corrected chi connectivity index (χ0v) is 22.3. The topological polar surface area (TPSA) is 52.6 Å². The van der Waals surface area contributed by atoms with Crippen LogP contribution in [0, 0.1) is 13.8 Å². The molecule has 0 bridgehead atoms. The number of benzene rings is 4. The largest absolute Gasteiger partial charge is 0.418 e. The summed E-state index contributed by atoms with van der Waals surface area (Å²) >= 11 is 0. The van der Waals surface area contributed by atoms with Crippen molar-refractivity contribution in [3.8, 4) is 0 Å². The molecule has 4 rings (SSSR count). The third kappa shape index (κ3) is 6.46. The second-order valence-corrected chi connectivity index (χ2v) is 9.27. The fraction of sp³-hybridized carbons (Fsp3) is 0.176. The van der Waals surface area contributed by atoms with Gasteiger partial charge in [-0.25, -0.2) is 9.59 Å². The highest BCUT2D eigenvalue weighted by Crippen LogP contribution is 2.31. The smallest absolute Gasteiger partial charge is 0.343 e. The third-order valence-corrected chi connectivity index (χ3v) is 6.42. The van der Waals surface area contributed by atoms with E-state index in [1.165, 1.54) is 0 Å². The molecule has 4 heteroatoms. The van der Waals surface area contributed by atoms with Gasteiger partial charge in [0.2, 0.25) is 0 Å². The van der Waals surface area contributed by atoms with E-state index >= 15 is 0 Å². The first-order chi connectivity index (χ1) is 18.4. The van der Waals surface area contributed by atoms with Gasteiger partial charge in [-0.05, 0) is 62.1 Å². The summed E-state index contributed by atoms with van der Waals surface area (Å²) in [5.41, 5.74) is 6.43. The maximum atomic E-state index is 13.3. The predicted molar refractivity (Wildman–Crippen MR) is 152 cm³/mol. The van der Waals surface area contributed by atoms with Gasteiger partial charge >= 0.3 is 11.9 Å². The Labute approximate surface area is 224 Å². The third-order valence-electron chi connectivity index (χ3n) is 6.42. The van der Waals surface area contributed by atoms with E-state index in [9.17, 15) is 9.59 Å². The van der Waals surface area contributed by atoms with E-state index in [1.54, 1.807) is 24.3 Å². The monoisotopic (exact) mass is 504 g/mol. The number of carbonyl (C=O) groups excluding carboxylic acids is 2. The summed E-state index contributed by atoms with van der Waals surface area (Å²) in [6.07, 6.45) is 1.74. The van der Waals surface area contributed by atoms with E-state index in [0.29, 0.717) is 22.3 Å². The molecule has 38 heavy (non-hydrogen) atoms. The van der Waals surface area contributed by atoms with Crippen molar-refractivity contribution in [2.24, 2.45) is 0 Å². The molecule has 0 aliphatic heterocycles. The van der Waals surface area contributed by atoms with Gasteiger partial charge in [-0.1, -0.05) is 97.8 Å². The minimum Gasteiger partial charge on any atom is -0.418 e. The molecule has 0 N–H and O–H groups in total. The first-order valence-electron chi connectivity index (χ1n) is 12.9. The lowest BCUT2D eigenvalue weighted by atomic mass is 10.0. The first-order valence-corrected chi connectivity index (χ1v) is 12.9. The molecule has 0 atom stereocenters. The number of esters is 2. The molecule has 4 aromatic rings. The fourth-order valence-corrected chi connectivity index (χ4v) is 3.94. The molecule has 0 aliphatic carbocycles. The van der Waals surface area contributed by atoms with Crippen LogP contribution in [0.25, 0.3) is 11.5 Å². The molecule has 0 heterocycles. The number of hydrogen-bond acceptors (Lipinski definition) is 4. The zero-order chi connectivity index (χ0) is 27.1. The Balaban J connectivity index is 1.82. The van der Waals surface area contributed by atoms with Crippen molar-refractivity contribution in [1.82, 2.24) is 0 Å². The number of ether oxygens (including phenoxy) is 2. The maximum Gasteiger partial charge on any atom is 0.343 e. The summed E-state index contributed by atoms with van der Waals surface area (Å²) in [5, 5.41) is 0. The quantitative estimate of drug-likeness (QED) is 0.139. The molecule has 4 aromatic carbocycles. The molecule has 4 nitrogen and oxygen atoms in total. The van der Waals surface area contributed by atoms with Gasteiger partial charge in [0.25, 0.3) is 0 Å². The Bertz CT molecular complexity index is 1310. The van der Waals surface area contributed by atoms with Crippen LogP contribution in [-0.4, -0.2) is 11.9 Å². The highest BCUT2D eigenvalue weighted by Gasteiger charge is 2.23. The van der Waals surface area contributed by atoms with E-state index in [-0.39, 0.29) is 11.5 Å². The Hall–Kier alpha value is -4.44. The first kappa shape index (κ1) is 26.6. The highest BCUT2D eigenvalue weighted by molar-refractivity contribution is 6.00. The lowest BCUT2D eigenvalue weighted by Crippen LogP contribution is -2.11. The zero-order valence-electron chi connectivity index (χ0n) is 22.3. The highest BCUT2D eigenvalue weighted by atomic mass is 16.6. The predicted octanol–water partition coefficient (Wildman–Crippen LogP) is 7.97. The molecular formula is C34H32O4. The minimum atomic E-state index is -0.531. The van der Waals surface area contributed by atoms with Crippen LogP contribution < -0.4 is 0 Å². The van der Waals surface area contributed by atoms with Crippen molar-refractivity contribution in [1.29, 1.82) is 0 Å². The summed E-state index contributed by atoms with van der Waals surface area (Å²) in [7, 11) is 0. The average Bonchev–Trinajstić information content (AvgIpc) is 2.96. The Morgan fingerprint density at radius 1 is 0.474 bits per heavy atom. The van der Waals surface area contributed by atoms with Gasteiger partial charge in [0, 0.05) is 11.1 Å². The van der Waals surface area contributed by atoms with Gasteiger partial charge in [0.15, 0.2) is 11.5 Å².